The molecule has 7 nitrogen and oxygen atoms in total. The molecule has 2 heterocycles. The van der Waals surface area contributed by atoms with Crippen LogP contribution in [0.5, 0.6) is 0 Å². The molecule has 2 aromatic heterocycles. The van der Waals surface area contributed by atoms with Gasteiger partial charge in [0.25, 0.3) is 0 Å². The molecule has 0 aromatic carbocycles. The maximum atomic E-state index is 12.7. The molecular weight excluding hydrogens is 394 g/mol. The number of hydrogen-bond acceptors (Lipinski definition) is 5. The van der Waals surface area contributed by atoms with Gasteiger partial charge >= 0.3 is 11.9 Å². The number of aromatic amines is 1. The summed E-state index contributed by atoms with van der Waals surface area (Å²) in [7, 11) is 0. The molecule has 0 amide bonds. The number of rotatable bonds is 8. The first-order valence-electron chi connectivity index (χ1n) is 9.62. The van der Waals surface area contributed by atoms with Crippen LogP contribution in [0.25, 0.3) is 0 Å². The lowest BCUT2D eigenvalue weighted by molar-refractivity contribution is -0.687. The molecule has 0 radical (unpaired) electrons. The molecule has 2 rings (SSSR count). The fraction of sp³-hybridized carbons (Fsp3) is 0.476. The zero-order valence-corrected chi connectivity index (χ0v) is 18.4. The molecule has 3 N–H and O–H groups in total. The summed E-state index contributed by atoms with van der Waals surface area (Å²) in [6.07, 6.45) is 2.26. The smallest absolute Gasteiger partial charge is 0.355 e. The van der Waals surface area contributed by atoms with Gasteiger partial charge in [0.2, 0.25) is 0 Å². The maximum Gasteiger partial charge on any atom is 0.355 e. The Morgan fingerprint density at radius 2 is 1.86 bits per heavy atom. The summed E-state index contributed by atoms with van der Waals surface area (Å²) in [6, 6.07) is 5.75. The van der Waals surface area contributed by atoms with Crippen LogP contribution in [-0.2, 0) is 29.0 Å². The number of pyridine rings is 1. The monoisotopic (exact) mass is 423 g/mol. The Labute approximate surface area is 178 Å². The summed E-state index contributed by atoms with van der Waals surface area (Å²) >= 11 is 0. The summed E-state index contributed by atoms with van der Waals surface area (Å²) in [4.78, 5) is 32.7. The third kappa shape index (κ3) is 6.87. The first kappa shape index (κ1) is 24.7. The average molecular weight is 424 g/mol. The highest BCUT2D eigenvalue weighted by Crippen LogP contribution is 2.23. The van der Waals surface area contributed by atoms with Gasteiger partial charge in [0.15, 0.2) is 0 Å². The summed E-state index contributed by atoms with van der Waals surface area (Å²) < 4.78 is 10.7. The second-order valence-corrected chi connectivity index (χ2v) is 7.43. The molecule has 2 aromatic rings. The van der Waals surface area contributed by atoms with Crippen molar-refractivity contribution in [2.24, 2.45) is 0 Å². The number of nitrogens with two attached hydrogens (primary N) is 1. The number of nitrogens with zero attached hydrogens (tertiary/aromatic N) is 1. The van der Waals surface area contributed by atoms with Crippen LogP contribution in [-0.4, -0.2) is 34.1 Å². The van der Waals surface area contributed by atoms with Crippen molar-refractivity contribution in [1.29, 1.82) is 0 Å². The Kier molecular flexibility index (Phi) is 9.33. The number of aromatic nitrogens is 2. The predicted molar refractivity (Wildman–Crippen MR) is 105 cm³/mol. The number of quaternary nitrogens is 1. The standard InChI is InChI=1S/C21H29N3O4.ClH/c1-6-15-17(19(25)27-7-2)16(13-22-12-14-10-8-9-11-23-14)24-18(15)20(26)28-21(3,4)5;/h8-11,22,24H,6-7,12-13H2,1-5H3;1H. The van der Waals surface area contributed by atoms with Crippen LogP contribution in [0.1, 0.15) is 72.4 Å². The number of esters is 2. The molecule has 0 aliphatic heterocycles. The lowest BCUT2D eigenvalue weighted by Gasteiger charge is -2.19. The Balaban J connectivity index is 0.00000420. The van der Waals surface area contributed by atoms with Crippen molar-refractivity contribution in [1.82, 2.24) is 9.97 Å². The van der Waals surface area contributed by atoms with Gasteiger partial charge in [-0.3, -0.25) is 4.98 Å². The molecule has 0 atom stereocenters. The summed E-state index contributed by atoms with van der Waals surface area (Å²) in [5.41, 5.74) is 2.36. The van der Waals surface area contributed by atoms with Gasteiger partial charge < -0.3 is 32.2 Å². The van der Waals surface area contributed by atoms with Crippen molar-refractivity contribution in [3.05, 3.63) is 52.6 Å². The van der Waals surface area contributed by atoms with Crippen LogP contribution in [0.15, 0.2) is 24.4 Å². The lowest BCUT2D eigenvalue weighted by atomic mass is 10.1. The lowest BCUT2D eigenvalue weighted by Crippen LogP contribution is -3.00. The molecule has 0 saturated heterocycles. The zero-order valence-electron chi connectivity index (χ0n) is 17.7. The van der Waals surface area contributed by atoms with E-state index in [1.807, 2.05) is 51.2 Å². The Hall–Kier alpha value is -2.38. The van der Waals surface area contributed by atoms with Crippen LogP contribution in [0.2, 0.25) is 0 Å². The molecular formula is C21H30ClN3O4. The van der Waals surface area contributed by atoms with E-state index in [4.69, 9.17) is 9.47 Å². The highest BCUT2D eigenvalue weighted by atomic mass is 35.5. The molecule has 8 heteroatoms. The predicted octanol–water partition coefficient (Wildman–Crippen LogP) is -0.628. The highest BCUT2D eigenvalue weighted by molar-refractivity contribution is 5.98. The minimum absolute atomic E-state index is 0. The van der Waals surface area contributed by atoms with E-state index in [9.17, 15) is 9.59 Å². The summed E-state index contributed by atoms with van der Waals surface area (Å²) in [6.45, 7) is 10.5. The SMILES string of the molecule is CCOC(=O)c1c(C[NH2+]Cc2ccccn2)[nH]c(C(=O)OC(C)(C)C)c1CC.[Cl-]. The molecule has 0 spiro atoms. The van der Waals surface area contributed by atoms with E-state index in [2.05, 4.69) is 9.97 Å². The van der Waals surface area contributed by atoms with Crippen molar-refractivity contribution in [2.75, 3.05) is 6.61 Å². The molecule has 0 aliphatic carbocycles. The van der Waals surface area contributed by atoms with Crippen molar-refractivity contribution in [2.45, 2.75) is 59.7 Å². The quantitative estimate of drug-likeness (QED) is 0.551. The zero-order chi connectivity index (χ0) is 20.7. The minimum Gasteiger partial charge on any atom is -1.00 e. The molecule has 29 heavy (non-hydrogen) atoms. The van der Waals surface area contributed by atoms with Gasteiger partial charge in [-0.15, -0.1) is 0 Å². The molecule has 0 aliphatic rings. The number of carbonyl (C=O) groups excluding carboxylic acids is 2. The van der Waals surface area contributed by atoms with Crippen LogP contribution >= 0.6 is 0 Å². The van der Waals surface area contributed by atoms with E-state index >= 15 is 0 Å². The molecule has 160 valence electrons. The fourth-order valence-corrected chi connectivity index (χ4v) is 2.94. The Bertz CT molecular complexity index is 813. The largest absolute Gasteiger partial charge is 1.00 e. The first-order chi connectivity index (χ1) is 13.3. The Morgan fingerprint density at radius 3 is 2.41 bits per heavy atom. The number of nitrogens with one attached hydrogen (secondary N) is 1. The Morgan fingerprint density at radius 1 is 1.14 bits per heavy atom. The van der Waals surface area contributed by atoms with E-state index in [0.717, 1.165) is 5.69 Å². The van der Waals surface area contributed by atoms with Gasteiger partial charge in [-0.25, -0.2) is 9.59 Å². The van der Waals surface area contributed by atoms with Gasteiger partial charge in [-0.2, -0.15) is 0 Å². The third-order valence-electron chi connectivity index (χ3n) is 4.05. The van der Waals surface area contributed by atoms with Gasteiger partial charge in [-0.1, -0.05) is 13.0 Å². The van der Waals surface area contributed by atoms with Crippen molar-refractivity contribution in [3.8, 4) is 0 Å². The number of carbonyl (C=O) groups is 2. The van der Waals surface area contributed by atoms with E-state index in [-0.39, 0.29) is 19.0 Å². The number of hydrogen-bond donors (Lipinski definition) is 2. The summed E-state index contributed by atoms with van der Waals surface area (Å²) in [5.74, 6) is -0.891. The van der Waals surface area contributed by atoms with Crippen LogP contribution in [0, 0.1) is 0 Å². The van der Waals surface area contributed by atoms with E-state index in [1.54, 1.807) is 13.1 Å². The topological polar surface area (TPSA) is 97.9 Å². The maximum absolute atomic E-state index is 12.7. The van der Waals surface area contributed by atoms with Gasteiger partial charge in [0.1, 0.15) is 24.4 Å². The van der Waals surface area contributed by atoms with Gasteiger partial charge in [0.05, 0.1) is 23.6 Å². The van der Waals surface area contributed by atoms with Gasteiger partial charge in [0, 0.05) is 6.20 Å². The van der Waals surface area contributed by atoms with Crippen LogP contribution in [0.4, 0.5) is 0 Å². The molecule has 0 unspecified atom stereocenters. The van der Waals surface area contributed by atoms with E-state index < -0.39 is 17.5 Å². The molecule has 0 bridgehead atoms. The fourth-order valence-electron chi connectivity index (χ4n) is 2.94. The first-order valence-corrected chi connectivity index (χ1v) is 9.62. The average Bonchev–Trinajstić information content (AvgIpc) is 3.00. The highest BCUT2D eigenvalue weighted by Gasteiger charge is 2.29. The van der Waals surface area contributed by atoms with E-state index in [1.165, 1.54) is 0 Å². The third-order valence-corrected chi connectivity index (χ3v) is 4.05. The normalized spacial score (nSPS) is 10.9. The van der Waals surface area contributed by atoms with Crippen LogP contribution in [0.3, 0.4) is 0 Å². The van der Waals surface area contributed by atoms with Crippen molar-refractivity contribution >= 4 is 11.9 Å². The van der Waals surface area contributed by atoms with Gasteiger partial charge in [-0.05, 0) is 51.8 Å². The van der Waals surface area contributed by atoms with E-state index in [0.29, 0.717) is 42.0 Å². The van der Waals surface area contributed by atoms with Crippen molar-refractivity contribution < 1.29 is 36.8 Å². The summed E-state index contributed by atoms with van der Waals surface area (Å²) in [5, 5.41) is 2.02. The number of H-pyrrole nitrogens is 1. The number of halogens is 1. The molecule has 0 saturated carbocycles. The second kappa shape index (κ2) is 11.0. The molecule has 0 fully saturated rings. The second-order valence-electron chi connectivity index (χ2n) is 7.43. The number of ether oxygens (including phenoxy) is 2. The van der Waals surface area contributed by atoms with Crippen LogP contribution < -0.4 is 17.7 Å². The minimum atomic E-state index is -0.622. The van der Waals surface area contributed by atoms with Crippen molar-refractivity contribution in [3.63, 3.8) is 0 Å².